The SMILES string of the molecule is CC(C)c1cc(Oc2c(Cl)cc(-n3nc(N)c(=O)[nH]c3=O)c3c2CC3)n[nH]c1=O. The summed E-state index contributed by atoms with van der Waals surface area (Å²) in [6, 6.07) is 3.10. The van der Waals surface area contributed by atoms with Crippen LogP contribution < -0.4 is 27.3 Å². The fourth-order valence-electron chi connectivity index (χ4n) is 3.19. The van der Waals surface area contributed by atoms with E-state index < -0.39 is 11.2 Å². The second-order valence-corrected chi connectivity index (χ2v) is 7.37. The Morgan fingerprint density at radius 2 is 1.90 bits per heavy atom. The fourth-order valence-corrected chi connectivity index (χ4v) is 3.44. The molecule has 0 radical (unpaired) electrons. The van der Waals surface area contributed by atoms with Crippen LogP contribution in [-0.4, -0.2) is 25.0 Å². The number of halogens is 1. The molecule has 4 N–H and O–H groups in total. The topological polar surface area (TPSA) is 149 Å². The minimum Gasteiger partial charge on any atom is -0.436 e. The van der Waals surface area contributed by atoms with Crippen molar-refractivity contribution >= 4 is 17.4 Å². The number of aromatic nitrogens is 5. The molecule has 150 valence electrons. The van der Waals surface area contributed by atoms with Gasteiger partial charge in [-0.1, -0.05) is 25.4 Å². The van der Waals surface area contributed by atoms with Crippen LogP contribution >= 0.6 is 11.6 Å². The molecule has 1 aliphatic carbocycles. The number of hydrogen-bond donors (Lipinski definition) is 3. The summed E-state index contributed by atoms with van der Waals surface area (Å²) in [4.78, 5) is 37.6. The van der Waals surface area contributed by atoms with E-state index in [1.807, 2.05) is 13.8 Å². The van der Waals surface area contributed by atoms with Crippen molar-refractivity contribution in [3.63, 3.8) is 0 Å². The molecule has 0 aliphatic heterocycles. The molecule has 1 aromatic carbocycles. The highest BCUT2D eigenvalue weighted by molar-refractivity contribution is 6.32. The maximum atomic E-state index is 12.2. The van der Waals surface area contributed by atoms with Crippen molar-refractivity contribution in [2.24, 2.45) is 0 Å². The van der Waals surface area contributed by atoms with Crippen LogP contribution in [0.25, 0.3) is 5.69 Å². The van der Waals surface area contributed by atoms with E-state index in [0.29, 0.717) is 29.8 Å². The minimum absolute atomic E-state index is 0.00599. The van der Waals surface area contributed by atoms with E-state index in [1.165, 1.54) is 6.07 Å². The quantitative estimate of drug-likeness (QED) is 0.579. The number of hydrogen-bond acceptors (Lipinski definition) is 7. The number of benzene rings is 1. The lowest BCUT2D eigenvalue weighted by Crippen LogP contribution is -2.34. The number of H-pyrrole nitrogens is 2. The van der Waals surface area contributed by atoms with E-state index in [-0.39, 0.29) is 28.2 Å². The predicted octanol–water partition coefficient (Wildman–Crippen LogP) is 1.25. The van der Waals surface area contributed by atoms with Gasteiger partial charge in [0, 0.05) is 17.2 Å². The zero-order valence-electron chi connectivity index (χ0n) is 15.6. The molecule has 29 heavy (non-hydrogen) atoms. The van der Waals surface area contributed by atoms with Crippen LogP contribution in [0.2, 0.25) is 5.02 Å². The summed E-state index contributed by atoms with van der Waals surface area (Å²) in [5.74, 6) is 0.276. The van der Waals surface area contributed by atoms with E-state index in [4.69, 9.17) is 22.1 Å². The Morgan fingerprint density at radius 3 is 2.55 bits per heavy atom. The fraction of sp³-hybridized carbons (Fsp3) is 0.278. The number of nitrogens with two attached hydrogens (primary N) is 1. The van der Waals surface area contributed by atoms with E-state index >= 15 is 0 Å². The number of rotatable bonds is 4. The van der Waals surface area contributed by atoms with Crippen molar-refractivity contribution in [1.82, 2.24) is 25.0 Å². The van der Waals surface area contributed by atoms with Gasteiger partial charge in [-0.3, -0.25) is 14.6 Å². The monoisotopic (exact) mass is 416 g/mol. The van der Waals surface area contributed by atoms with Crippen molar-refractivity contribution < 1.29 is 4.74 Å². The van der Waals surface area contributed by atoms with Crippen molar-refractivity contribution in [3.8, 4) is 17.3 Å². The first kappa shape index (κ1) is 18.9. The first-order valence-corrected chi connectivity index (χ1v) is 9.25. The van der Waals surface area contributed by atoms with Gasteiger partial charge in [0.1, 0.15) is 0 Å². The van der Waals surface area contributed by atoms with Crippen LogP contribution in [-0.2, 0) is 12.8 Å². The number of fused-ring (bicyclic) bond motifs is 1. The Morgan fingerprint density at radius 1 is 1.17 bits per heavy atom. The highest BCUT2D eigenvalue weighted by Crippen LogP contribution is 2.43. The van der Waals surface area contributed by atoms with Gasteiger partial charge < -0.3 is 10.5 Å². The van der Waals surface area contributed by atoms with Crippen LogP contribution in [0.5, 0.6) is 11.6 Å². The highest BCUT2D eigenvalue weighted by Gasteiger charge is 2.28. The van der Waals surface area contributed by atoms with Crippen LogP contribution in [0.3, 0.4) is 0 Å². The second-order valence-electron chi connectivity index (χ2n) is 6.97. The Bertz CT molecular complexity index is 1310. The molecule has 0 fully saturated rings. The van der Waals surface area contributed by atoms with Crippen LogP contribution in [0.4, 0.5) is 5.82 Å². The van der Waals surface area contributed by atoms with Crippen molar-refractivity contribution in [2.75, 3.05) is 5.73 Å². The first-order chi connectivity index (χ1) is 13.8. The summed E-state index contributed by atoms with van der Waals surface area (Å²) in [7, 11) is 0. The first-order valence-electron chi connectivity index (χ1n) is 8.87. The molecule has 11 heteroatoms. The van der Waals surface area contributed by atoms with Crippen LogP contribution in [0, 0.1) is 0 Å². The third-order valence-corrected chi connectivity index (χ3v) is 5.05. The maximum Gasteiger partial charge on any atom is 0.349 e. The summed E-state index contributed by atoms with van der Waals surface area (Å²) in [6.45, 7) is 3.78. The molecule has 0 amide bonds. The van der Waals surface area contributed by atoms with Gasteiger partial charge in [-0.2, -0.15) is 4.68 Å². The largest absolute Gasteiger partial charge is 0.436 e. The number of ether oxygens (including phenoxy) is 1. The Hall–Kier alpha value is -3.40. The molecule has 0 atom stereocenters. The third-order valence-electron chi connectivity index (χ3n) is 4.77. The molecular weight excluding hydrogens is 400 g/mol. The average molecular weight is 417 g/mol. The van der Waals surface area contributed by atoms with Gasteiger partial charge in [-0.05, 0) is 30.4 Å². The van der Waals surface area contributed by atoms with Crippen molar-refractivity contribution in [1.29, 1.82) is 0 Å². The van der Waals surface area contributed by atoms with Gasteiger partial charge >= 0.3 is 5.69 Å². The summed E-state index contributed by atoms with van der Waals surface area (Å²) in [6.07, 6.45) is 1.34. The molecule has 2 heterocycles. The van der Waals surface area contributed by atoms with E-state index in [0.717, 1.165) is 15.8 Å². The van der Waals surface area contributed by atoms with Crippen molar-refractivity contribution in [3.05, 3.63) is 65.0 Å². The zero-order chi connectivity index (χ0) is 20.9. The Labute approximate surface area is 168 Å². The molecule has 0 unspecified atom stereocenters. The van der Waals surface area contributed by atoms with Gasteiger partial charge in [0.15, 0.2) is 5.75 Å². The third kappa shape index (κ3) is 3.21. The lowest BCUT2D eigenvalue weighted by Gasteiger charge is -2.26. The average Bonchev–Trinajstić information content (AvgIpc) is 2.63. The minimum atomic E-state index is -0.749. The van der Waals surface area contributed by atoms with E-state index in [2.05, 4.69) is 20.3 Å². The standard InChI is InChI=1S/C18H17ClN6O4/c1-7(2)10-5-13(22-23-16(10)26)29-14-9-4-3-8(9)12(6-11(14)19)25-18(28)21-17(27)15(20)24-25/h5-7H,3-4H2,1-2H3,(H2,20,24)(H,23,26)(H,21,27,28). The maximum absolute atomic E-state index is 12.2. The number of nitrogens with one attached hydrogen (secondary N) is 2. The van der Waals surface area contributed by atoms with Crippen LogP contribution in [0.1, 0.15) is 36.5 Å². The lowest BCUT2D eigenvalue weighted by atomic mass is 9.86. The molecule has 0 bridgehead atoms. The summed E-state index contributed by atoms with van der Waals surface area (Å²) >= 11 is 6.43. The highest BCUT2D eigenvalue weighted by atomic mass is 35.5. The van der Waals surface area contributed by atoms with E-state index in [9.17, 15) is 14.4 Å². The van der Waals surface area contributed by atoms with Gasteiger partial charge in [0.05, 0.1) is 10.7 Å². The molecule has 10 nitrogen and oxygen atoms in total. The normalized spacial score (nSPS) is 12.6. The molecule has 0 spiro atoms. The zero-order valence-corrected chi connectivity index (χ0v) is 16.3. The second kappa shape index (κ2) is 6.89. The summed E-state index contributed by atoms with van der Waals surface area (Å²) in [5, 5.41) is 10.4. The Balaban J connectivity index is 1.80. The summed E-state index contributed by atoms with van der Waals surface area (Å²) in [5.41, 5.74) is 6.37. The van der Waals surface area contributed by atoms with E-state index in [1.54, 1.807) is 6.07 Å². The molecule has 4 rings (SSSR count). The number of aromatic amines is 2. The number of nitrogens with zero attached hydrogens (tertiary/aromatic N) is 3. The van der Waals surface area contributed by atoms with Gasteiger partial charge in [0.2, 0.25) is 11.7 Å². The molecular formula is C18H17ClN6O4. The van der Waals surface area contributed by atoms with Crippen LogP contribution in [0.15, 0.2) is 26.5 Å². The molecule has 1 aliphatic rings. The van der Waals surface area contributed by atoms with Gasteiger partial charge in [0.25, 0.3) is 11.1 Å². The molecule has 2 aromatic heterocycles. The van der Waals surface area contributed by atoms with Crippen molar-refractivity contribution in [2.45, 2.75) is 32.6 Å². The molecule has 0 saturated heterocycles. The lowest BCUT2D eigenvalue weighted by molar-refractivity contribution is 0.441. The Kier molecular flexibility index (Phi) is 4.50. The summed E-state index contributed by atoms with van der Waals surface area (Å²) < 4.78 is 6.89. The smallest absolute Gasteiger partial charge is 0.349 e. The van der Waals surface area contributed by atoms with Gasteiger partial charge in [-0.25, -0.2) is 9.89 Å². The molecule has 0 saturated carbocycles. The number of nitrogen functional groups attached to an aromatic ring is 1. The predicted molar refractivity (Wildman–Crippen MR) is 106 cm³/mol. The van der Waals surface area contributed by atoms with Gasteiger partial charge in [-0.15, -0.1) is 10.2 Å². The molecule has 3 aromatic rings. The number of anilines is 1.